The third-order valence-corrected chi connectivity index (χ3v) is 3.06. The number of anilines is 1. The first kappa shape index (κ1) is 10.5. The minimum atomic E-state index is -0.411. The van der Waals surface area contributed by atoms with Crippen LogP contribution in [0.2, 0.25) is 0 Å². The number of nitrogens with two attached hydrogens (primary N) is 2. The van der Waals surface area contributed by atoms with Crippen molar-refractivity contribution in [3.8, 4) is 0 Å². The van der Waals surface area contributed by atoms with Gasteiger partial charge in [-0.2, -0.15) is 0 Å². The molecule has 0 bridgehead atoms. The fourth-order valence-electron chi connectivity index (χ4n) is 1.98. The predicted molar refractivity (Wildman–Crippen MR) is 66.4 cm³/mol. The number of nitrogen functional groups attached to an aromatic ring is 1. The number of amides is 1. The van der Waals surface area contributed by atoms with Crippen LogP contribution in [0.5, 0.6) is 0 Å². The monoisotopic (exact) mass is 214 g/mol. The van der Waals surface area contributed by atoms with E-state index in [0.717, 1.165) is 21.9 Å². The smallest absolute Gasteiger partial charge is 0.248 e. The molecule has 3 nitrogen and oxygen atoms in total. The Balaban J connectivity index is 2.94. The summed E-state index contributed by atoms with van der Waals surface area (Å²) in [4.78, 5) is 11.3. The van der Waals surface area contributed by atoms with Crippen molar-refractivity contribution in [1.29, 1.82) is 0 Å². The molecule has 1 amide bonds. The van der Waals surface area contributed by atoms with Crippen molar-refractivity contribution in [3.05, 3.63) is 41.0 Å². The van der Waals surface area contributed by atoms with Crippen molar-refractivity contribution in [2.75, 3.05) is 5.73 Å². The number of carbonyl (C=O) groups is 1. The second kappa shape index (κ2) is 3.52. The summed E-state index contributed by atoms with van der Waals surface area (Å²) in [6.07, 6.45) is 0. The molecule has 0 fully saturated rings. The average molecular weight is 214 g/mol. The van der Waals surface area contributed by atoms with Gasteiger partial charge in [0.05, 0.1) is 0 Å². The Morgan fingerprint density at radius 2 is 1.81 bits per heavy atom. The Hall–Kier alpha value is -2.03. The molecule has 4 N–H and O–H groups in total. The van der Waals surface area contributed by atoms with Crippen LogP contribution in [0.4, 0.5) is 5.69 Å². The Bertz CT molecular complexity index is 588. The molecule has 0 saturated carbocycles. The van der Waals surface area contributed by atoms with Crippen LogP contribution in [0, 0.1) is 13.8 Å². The lowest BCUT2D eigenvalue weighted by atomic mass is 9.95. The normalized spacial score (nSPS) is 10.6. The Morgan fingerprint density at radius 3 is 2.44 bits per heavy atom. The first-order chi connectivity index (χ1) is 7.52. The van der Waals surface area contributed by atoms with E-state index >= 15 is 0 Å². The molecule has 0 heterocycles. The Labute approximate surface area is 94.0 Å². The number of fused-ring (bicyclic) bond motifs is 1. The fourth-order valence-corrected chi connectivity index (χ4v) is 1.98. The summed E-state index contributed by atoms with van der Waals surface area (Å²) in [5.41, 5.74) is 14.4. The molecule has 0 aliphatic heterocycles. The van der Waals surface area contributed by atoms with Crippen molar-refractivity contribution in [3.63, 3.8) is 0 Å². The van der Waals surface area contributed by atoms with Gasteiger partial charge in [0.2, 0.25) is 5.91 Å². The Morgan fingerprint density at radius 1 is 1.12 bits per heavy atom. The minimum Gasteiger partial charge on any atom is -0.398 e. The number of carbonyl (C=O) groups excluding carboxylic acids is 1. The van der Waals surface area contributed by atoms with Gasteiger partial charge in [0.25, 0.3) is 0 Å². The number of hydrogen-bond donors (Lipinski definition) is 2. The first-order valence-corrected chi connectivity index (χ1v) is 5.10. The van der Waals surface area contributed by atoms with Crippen LogP contribution in [-0.2, 0) is 0 Å². The molecule has 0 unspecified atom stereocenters. The van der Waals surface area contributed by atoms with Gasteiger partial charge in [0.1, 0.15) is 0 Å². The molecule has 0 radical (unpaired) electrons. The zero-order valence-electron chi connectivity index (χ0n) is 9.37. The highest BCUT2D eigenvalue weighted by Crippen LogP contribution is 2.28. The SMILES string of the molecule is Cc1c(C(N)=O)cc2c(N)cccc2c1C. The third-order valence-electron chi connectivity index (χ3n) is 3.06. The summed E-state index contributed by atoms with van der Waals surface area (Å²) in [6.45, 7) is 3.88. The Kier molecular flexibility index (Phi) is 2.31. The van der Waals surface area contributed by atoms with Crippen LogP contribution >= 0.6 is 0 Å². The van der Waals surface area contributed by atoms with Gasteiger partial charge in [-0.15, -0.1) is 0 Å². The van der Waals surface area contributed by atoms with E-state index in [0.29, 0.717) is 11.3 Å². The number of hydrogen-bond acceptors (Lipinski definition) is 2. The van der Waals surface area contributed by atoms with Gasteiger partial charge in [0.15, 0.2) is 0 Å². The van der Waals surface area contributed by atoms with E-state index in [-0.39, 0.29) is 0 Å². The molecular formula is C13H14N2O. The topological polar surface area (TPSA) is 69.1 Å². The summed E-state index contributed by atoms with van der Waals surface area (Å²) in [6, 6.07) is 7.50. The number of rotatable bonds is 1. The van der Waals surface area contributed by atoms with Crippen LogP contribution in [-0.4, -0.2) is 5.91 Å². The molecule has 0 aromatic heterocycles. The maximum Gasteiger partial charge on any atom is 0.248 e. The lowest BCUT2D eigenvalue weighted by Gasteiger charge is -2.11. The van der Waals surface area contributed by atoms with Gasteiger partial charge >= 0.3 is 0 Å². The second-order valence-electron chi connectivity index (χ2n) is 3.98. The number of aryl methyl sites for hydroxylation is 1. The molecule has 16 heavy (non-hydrogen) atoms. The maximum absolute atomic E-state index is 11.3. The summed E-state index contributed by atoms with van der Waals surface area (Å²) in [5.74, 6) is -0.411. The molecule has 0 aliphatic carbocycles. The summed E-state index contributed by atoms with van der Waals surface area (Å²) in [7, 11) is 0. The highest BCUT2D eigenvalue weighted by Gasteiger charge is 2.11. The van der Waals surface area contributed by atoms with E-state index in [4.69, 9.17) is 11.5 Å². The van der Waals surface area contributed by atoms with Crippen molar-refractivity contribution in [1.82, 2.24) is 0 Å². The van der Waals surface area contributed by atoms with Gasteiger partial charge < -0.3 is 11.5 Å². The van der Waals surface area contributed by atoms with Gasteiger partial charge in [0, 0.05) is 16.6 Å². The summed E-state index contributed by atoms with van der Waals surface area (Å²) >= 11 is 0. The van der Waals surface area contributed by atoms with Crippen LogP contribution in [0.15, 0.2) is 24.3 Å². The van der Waals surface area contributed by atoms with Crippen molar-refractivity contribution in [2.45, 2.75) is 13.8 Å². The van der Waals surface area contributed by atoms with E-state index in [2.05, 4.69) is 0 Å². The van der Waals surface area contributed by atoms with E-state index in [1.165, 1.54) is 0 Å². The number of benzene rings is 2. The third kappa shape index (κ3) is 1.41. The highest BCUT2D eigenvalue weighted by molar-refractivity contribution is 6.04. The zero-order valence-corrected chi connectivity index (χ0v) is 9.37. The van der Waals surface area contributed by atoms with E-state index in [1.807, 2.05) is 32.0 Å². The largest absolute Gasteiger partial charge is 0.398 e. The van der Waals surface area contributed by atoms with E-state index < -0.39 is 5.91 Å². The van der Waals surface area contributed by atoms with Crippen molar-refractivity contribution >= 4 is 22.4 Å². The molecule has 0 saturated heterocycles. The van der Waals surface area contributed by atoms with Crippen LogP contribution < -0.4 is 11.5 Å². The van der Waals surface area contributed by atoms with Crippen molar-refractivity contribution in [2.24, 2.45) is 5.73 Å². The van der Waals surface area contributed by atoms with Gasteiger partial charge in [-0.3, -0.25) is 4.79 Å². The lowest BCUT2D eigenvalue weighted by Crippen LogP contribution is -2.13. The second-order valence-corrected chi connectivity index (χ2v) is 3.98. The standard InChI is InChI=1S/C13H14N2O/c1-7-8(2)10(13(15)16)6-11-9(7)4-3-5-12(11)14/h3-6H,14H2,1-2H3,(H2,15,16). The van der Waals surface area contributed by atoms with E-state index in [1.54, 1.807) is 6.07 Å². The zero-order chi connectivity index (χ0) is 11.9. The minimum absolute atomic E-state index is 0.411. The number of primary amides is 1. The lowest BCUT2D eigenvalue weighted by molar-refractivity contribution is 0.1000. The molecule has 2 aromatic carbocycles. The first-order valence-electron chi connectivity index (χ1n) is 5.10. The molecule has 0 aliphatic rings. The van der Waals surface area contributed by atoms with Gasteiger partial charge in [-0.1, -0.05) is 12.1 Å². The predicted octanol–water partition coefficient (Wildman–Crippen LogP) is 2.14. The van der Waals surface area contributed by atoms with Crippen LogP contribution in [0.3, 0.4) is 0 Å². The molecule has 3 heteroatoms. The molecular weight excluding hydrogens is 200 g/mol. The van der Waals surface area contributed by atoms with Gasteiger partial charge in [-0.05, 0) is 42.5 Å². The summed E-state index contributed by atoms with van der Waals surface area (Å²) < 4.78 is 0. The fraction of sp³-hybridized carbons (Fsp3) is 0.154. The average Bonchev–Trinajstić information content (AvgIpc) is 2.23. The van der Waals surface area contributed by atoms with Crippen molar-refractivity contribution < 1.29 is 4.79 Å². The van der Waals surface area contributed by atoms with Crippen LogP contribution in [0.25, 0.3) is 10.8 Å². The summed E-state index contributed by atoms with van der Waals surface area (Å²) in [5, 5.41) is 1.96. The molecule has 2 rings (SSSR count). The van der Waals surface area contributed by atoms with Gasteiger partial charge in [-0.25, -0.2) is 0 Å². The van der Waals surface area contributed by atoms with Crippen LogP contribution in [0.1, 0.15) is 21.5 Å². The quantitative estimate of drug-likeness (QED) is 0.714. The maximum atomic E-state index is 11.3. The molecule has 0 spiro atoms. The highest BCUT2D eigenvalue weighted by atomic mass is 16.1. The van der Waals surface area contributed by atoms with E-state index in [9.17, 15) is 4.79 Å². The molecule has 0 atom stereocenters. The molecule has 82 valence electrons. The molecule has 2 aromatic rings.